The highest BCUT2D eigenvalue weighted by Gasteiger charge is 2.62. The number of allylic oxidation sites excluding steroid dienone is 8. The first kappa shape index (κ1) is 44.5. The lowest BCUT2D eigenvalue weighted by Gasteiger charge is -2.17. The maximum absolute atomic E-state index is 12.6. The third kappa shape index (κ3) is 23.5. The summed E-state index contributed by atoms with van der Waals surface area (Å²) in [6, 6.07) is 0. The van der Waals surface area contributed by atoms with Crippen LogP contribution >= 0.6 is 0 Å². The van der Waals surface area contributed by atoms with Gasteiger partial charge in [0.2, 0.25) is 0 Å². The summed E-state index contributed by atoms with van der Waals surface area (Å²) in [7, 11) is 0. The Morgan fingerprint density at radius 1 is 0.569 bits per heavy atom. The van der Waals surface area contributed by atoms with Crippen LogP contribution in [0.2, 0.25) is 0 Å². The monoisotopic (exact) mass is 711 g/mol. The highest BCUT2D eigenvalue weighted by molar-refractivity contribution is 5.90. The molecule has 3 atom stereocenters. The Kier molecular flexibility index (Phi) is 26.1. The first-order chi connectivity index (χ1) is 24.9. The Morgan fingerprint density at radius 3 is 1.41 bits per heavy atom. The maximum atomic E-state index is 12.6. The number of hydrogen-bond donors (Lipinski definition) is 0. The maximum Gasteiger partial charge on any atom is 0.312 e. The SMILES string of the molecule is CC(=O)OC1CCCCCCCCC=CCC=CCCCCCOC(=O)C2CC2(C)C(=O)OCCCCCC=CCC=CCCCCCCCC1. The van der Waals surface area contributed by atoms with Crippen LogP contribution in [0.4, 0.5) is 0 Å². The topological polar surface area (TPSA) is 78.9 Å². The predicted molar refractivity (Wildman–Crippen MR) is 210 cm³/mol. The van der Waals surface area contributed by atoms with Crippen molar-refractivity contribution in [2.45, 2.75) is 193 Å². The van der Waals surface area contributed by atoms with Crippen molar-refractivity contribution in [2.24, 2.45) is 11.3 Å². The van der Waals surface area contributed by atoms with Gasteiger partial charge in [-0.15, -0.1) is 0 Å². The number of fused-ring (bicyclic) bond motifs is 1. The highest BCUT2D eigenvalue weighted by atomic mass is 16.5. The molecule has 0 aromatic rings. The average Bonchev–Trinajstić information content (AvgIpc) is 3.82. The van der Waals surface area contributed by atoms with Gasteiger partial charge < -0.3 is 14.2 Å². The smallest absolute Gasteiger partial charge is 0.312 e. The van der Waals surface area contributed by atoms with Crippen molar-refractivity contribution in [3.8, 4) is 0 Å². The fourth-order valence-corrected chi connectivity index (χ4v) is 6.81. The van der Waals surface area contributed by atoms with Gasteiger partial charge in [0.05, 0.1) is 24.5 Å². The largest absolute Gasteiger partial charge is 0.465 e. The van der Waals surface area contributed by atoms with Crippen LogP contribution in [-0.2, 0) is 28.6 Å². The predicted octanol–water partition coefficient (Wildman–Crippen LogP) is 12.4. The molecule has 1 aliphatic heterocycles. The molecule has 0 aromatic heterocycles. The van der Waals surface area contributed by atoms with E-state index in [2.05, 4.69) is 48.6 Å². The van der Waals surface area contributed by atoms with Crippen molar-refractivity contribution in [1.82, 2.24) is 0 Å². The Bertz CT molecular complexity index is 1040. The van der Waals surface area contributed by atoms with Crippen molar-refractivity contribution in [3.63, 3.8) is 0 Å². The second-order valence-electron chi connectivity index (χ2n) is 15.2. The lowest BCUT2D eigenvalue weighted by molar-refractivity contribution is -0.155. The summed E-state index contributed by atoms with van der Waals surface area (Å²) in [5, 5.41) is 0. The number of ether oxygens (including phenoxy) is 3. The molecular weight excluding hydrogens is 636 g/mol. The molecule has 0 bridgehead atoms. The van der Waals surface area contributed by atoms with Gasteiger partial charge in [-0.25, -0.2) is 0 Å². The quantitative estimate of drug-likeness (QED) is 0.153. The van der Waals surface area contributed by atoms with E-state index < -0.39 is 5.41 Å². The van der Waals surface area contributed by atoms with Gasteiger partial charge >= 0.3 is 17.9 Å². The Morgan fingerprint density at radius 2 is 0.961 bits per heavy atom. The number of cyclic esters (lactones) is 2. The zero-order chi connectivity index (χ0) is 36.7. The fraction of sp³-hybridized carbons (Fsp3) is 0.756. The molecule has 290 valence electrons. The number of rotatable bonds is 1. The van der Waals surface area contributed by atoms with Crippen LogP contribution in [0.1, 0.15) is 187 Å². The first-order valence-corrected chi connectivity index (χ1v) is 21.0. The van der Waals surface area contributed by atoms with Crippen LogP contribution in [-0.4, -0.2) is 37.2 Å². The first-order valence-electron chi connectivity index (χ1n) is 21.0. The molecule has 1 aliphatic carbocycles. The third-order valence-electron chi connectivity index (χ3n) is 10.3. The zero-order valence-electron chi connectivity index (χ0n) is 32.7. The van der Waals surface area contributed by atoms with Crippen LogP contribution in [0.25, 0.3) is 0 Å². The van der Waals surface area contributed by atoms with Gasteiger partial charge in [0, 0.05) is 6.92 Å². The summed E-state index contributed by atoms with van der Waals surface area (Å²) in [6.45, 7) is 4.22. The van der Waals surface area contributed by atoms with E-state index in [9.17, 15) is 14.4 Å². The second-order valence-corrected chi connectivity index (χ2v) is 15.2. The molecule has 2 aliphatic rings. The van der Waals surface area contributed by atoms with E-state index in [-0.39, 0.29) is 29.9 Å². The standard InChI is InChI=1S/C45H74O6/c1-40(46)51-41-35-31-27-23-19-15-11-7-3-5-9-13-17-21-25-29-33-37-49-43(47)42-39-45(42,2)44(48)50-38-34-30-26-22-18-14-10-6-4-8-12-16-20-24-28-32-36-41/h3-6,13-14,17-18,41-42H,7-12,15-16,19-39H2,1-2H3. The van der Waals surface area contributed by atoms with E-state index in [0.717, 1.165) is 103 Å². The summed E-state index contributed by atoms with van der Waals surface area (Å²) in [6.07, 6.45) is 48.0. The minimum Gasteiger partial charge on any atom is -0.465 e. The van der Waals surface area contributed by atoms with Crippen molar-refractivity contribution >= 4 is 17.9 Å². The average molecular weight is 711 g/mol. The molecule has 51 heavy (non-hydrogen) atoms. The van der Waals surface area contributed by atoms with Crippen molar-refractivity contribution in [3.05, 3.63) is 48.6 Å². The Balaban J connectivity index is 1.67. The number of carbonyl (C=O) groups is 3. The summed E-state index contributed by atoms with van der Waals surface area (Å²) >= 11 is 0. The number of hydrogen-bond acceptors (Lipinski definition) is 6. The molecule has 6 heteroatoms. The van der Waals surface area contributed by atoms with E-state index in [1.54, 1.807) is 6.92 Å². The Hall–Kier alpha value is -2.63. The van der Waals surface area contributed by atoms with Crippen molar-refractivity contribution in [1.29, 1.82) is 0 Å². The van der Waals surface area contributed by atoms with Crippen LogP contribution in [0, 0.1) is 11.3 Å². The van der Waals surface area contributed by atoms with E-state index in [4.69, 9.17) is 14.2 Å². The van der Waals surface area contributed by atoms with Crippen LogP contribution in [0.3, 0.4) is 0 Å². The molecule has 1 heterocycles. The van der Waals surface area contributed by atoms with Crippen LogP contribution in [0.15, 0.2) is 48.6 Å². The Labute approximate surface area is 312 Å². The summed E-state index contributed by atoms with van der Waals surface area (Å²) in [5.41, 5.74) is -0.712. The summed E-state index contributed by atoms with van der Waals surface area (Å²) in [5.74, 6) is -1.00. The van der Waals surface area contributed by atoms with Crippen LogP contribution < -0.4 is 0 Å². The molecule has 1 fully saturated rings. The van der Waals surface area contributed by atoms with Gasteiger partial charge in [0.1, 0.15) is 6.10 Å². The van der Waals surface area contributed by atoms with E-state index in [1.807, 2.05) is 6.92 Å². The molecule has 3 unspecified atom stereocenters. The lowest BCUT2D eigenvalue weighted by Crippen LogP contribution is -2.22. The van der Waals surface area contributed by atoms with Gasteiger partial charge in [0.25, 0.3) is 0 Å². The second kappa shape index (κ2) is 29.9. The van der Waals surface area contributed by atoms with Gasteiger partial charge in [0.15, 0.2) is 0 Å². The van der Waals surface area contributed by atoms with E-state index in [1.165, 1.54) is 64.2 Å². The number of carbonyl (C=O) groups excluding carboxylic acids is 3. The molecule has 6 nitrogen and oxygen atoms in total. The molecular formula is C45H74O6. The zero-order valence-corrected chi connectivity index (χ0v) is 32.7. The van der Waals surface area contributed by atoms with Crippen molar-refractivity contribution < 1.29 is 28.6 Å². The van der Waals surface area contributed by atoms with E-state index in [0.29, 0.717) is 19.6 Å². The third-order valence-corrected chi connectivity index (χ3v) is 10.3. The van der Waals surface area contributed by atoms with Crippen LogP contribution in [0.5, 0.6) is 0 Å². The minimum absolute atomic E-state index is 0.0945. The fourth-order valence-electron chi connectivity index (χ4n) is 6.81. The lowest BCUT2D eigenvalue weighted by atomic mass is 10.0. The molecule has 1 saturated carbocycles. The molecule has 0 spiro atoms. The summed E-state index contributed by atoms with van der Waals surface area (Å²) in [4.78, 5) is 36.7. The molecule has 0 aromatic carbocycles. The minimum atomic E-state index is -0.712. The van der Waals surface area contributed by atoms with Gasteiger partial charge in [-0.1, -0.05) is 100.0 Å². The van der Waals surface area contributed by atoms with Gasteiger partial charge in [-0.2, -0.15) is 0 Å². The molecule has 0 amide bonds. The van der Waals surface area contributed by atoms with Gasteiger partial charge in [-0.05, 0) is 129 Å². The summed E-state index contributed by atoms with van der Waals surface area (Å²) < 4.78 is 16.7. The molecule has 0 saturated heterocycles. The van der Waals surface area contributed by atoms with E-state index >= 15 is 0 Å². The highest BCUT2D eigenvalue weighted by Crippen LogP contribution is 2.53. The number of esters is 3. The molecule has 0 N–H and O–H groups in total. The normalized spacial score (nSPS) is 26.9. The molecule has 2 rings (SSSR count). The molecule has 0 radical (unpaired) electrons. The van der Waals surface area contributed by atoms with Gasteiger partial charge in [-0.3, -0.25) is 14.4 Å². The van der Waals surface area contributed by atoms with Crippen molar-refractivity contribution in [2.75, 3.05) is 13.2 Å².